The van der Waals surface area contributed by atoms with E-state index in [1.807, 2.05) is 0 Å². The zero-order chi connectivity index (χ0) is 19.3. The van der Waals surface area contributed by atoms with Gasteiger partial charge in [-0.1, -0.05) is 23.7 Å². The van der Waals surface area contributed by atoms with Crippen LogP contribution < -0.4 is 11.0 Å². The molecule has 0 radical (unpaired) electrons. The molecule has 9 heteroatoms. The highest BCUT2D eigenvalue weighted by atomic mass is 35.5. The topological polar surface area (TPSA) is 46.9 Å². The molecule has 2 aromatic carbocycles. The second-order valence-corrected chi connectivity index (χ2v) is 6.67. The van der Waals surface area contributed by atoms with E-state index in [9.17, 15) is 22.4 Å². The van der Waals surface area contributed by atoms with Gasteiger partial charge in [-0.3, -0.25) is 4.57 Å². The lowest BCUT2D eigenvalue weighted by Gasteiger charge is -2.16. The number of aromatic nitrogens is 2. The number of fused-ring (bicyclic) bond motifs is 1. The van der Waals surface area contributed by atoms with Gasteiger partial charge in [-0.2, -0.15) is 18.2 Å². The molecule has 140 valence electrons. The molecule has 1 aliphatic carbocycles. The molecule has 27 heavy (non-hydrogen) atoms. The van der Waals surface area contributed by atoms with Crippen molar-refractivity contribution >= 4 is 28.3 Å². The summed E-state index contributed by atoms with van der Waals surface area (Å²) in [6.45, 7) is 0. The molecule has 1 heterocycles. The fraction of sp³-hybridized carbons (Fsp3) is 0.222. The van der Waals surface area contributed by atoms with Gasteiger partial charge in [-0.15, -0.1) is 0 Å². The van der Waals surface area contributed by atoms with E-state index in [-0.39, 0.29) is 33.9 Å². The van der Waals surface area contributed by atoms with Crippen LogP contribution >= 0.6 is 11.6 Å². The molecule has 1 N–H and O–H groups in total. The molecule has 4 rings (SSSR count). The summed E-state index contributed by atoms with van der Waals surface area (Å²) in [7, 11) is 0. The van der Waals surface area contributed by atoms with E-state index in [0.717, 1.165) is 16.7 Å². The molecule has 0 unspecified atom stereocenters. The summed E-state index contributed by atoms with van der Waals surface area (Å²) in [5.74, 6) is 0.0529. The fourth-order valence-electron chi connectivity index (χ4n) is 2.87. The monoisotopic (exact) mass is 397 g/mol. The zero-order valence-electron chi connectivity index (χ0n) is 13.6. The SMILES string of the molecule is O=c1nc(N[C@@H]2C[C@H]2F)c2ccc(C(F)(F)F)cc2n1-c1ccccc1Cl. The van der Waals surface area contributed by atoms with Gasteiger partial charge in [-0.25, -0.2) is 9.18 Å². The lowest BCUT2D eigenvalue weighted by Crippen LogP contribution is -2.25. The fourth-order valence-corrected chi connectivity index (χ4v) is 3.09. The molecule has 0 bridgehead atoms. The first-order valence-electron chi connectivity index (χ1n) is 8.05. The van der Waals surface area contributed by atoms with Crippen LogP contribution in [0.2, 0.25) is 5.02 Å². The number of anilines is 1. The number of para-hydroxylation sites is 1. The minimum Gasteiger partial charge on any atom is -0.364 e. The third-order valence-electron chi connectivity index (χ3n) is 4.35. The average molecular weight is 398 g/mol. The second kappa shape index (κ2) is 6.23. The van der Waals surface area contributed by atoms with Crippen LogP contribution in [-0.2, 0) is 6.18 Å². The number of alkyl halides is 4. The predicted molar refractivity (Wildman–Crippen MR) is 94.3 cm³/mol. The minimum absolute atomic E-state index is 0.0171. The molecule has 3 aromatic rings. The van der Waals surface area contributed by atoms with E-state index >= 15 is 0 Å². The van der Waals surface area contributed by atoms with Gasteiger partial charge in [0.05, 0.1) is 27.8 Å². The van der Waals surface area contributed by atoms with Crippen LogP contribution in [0, 0.1) is 0 Å². The highest BCUT2D eigenvalue weighted by Gasteiger charge is 2.38. The van der Waals surface area contributed by atoms with Gasteiger partial charge in [0.1, 0.15) is 12.0 Å². The van der Waals surface area contributed by atoms with E-state index in [0.29, 0.717) is 0 Å². The molecule has 0 spiro atoms. The number of nitrogens with zero attached hydrogens (tertiary/aromatic N) is 2. The van der Waals surface area contributed by atoms with Crippen LogP contribution in [0.25, 0.3) is 16.6 Å². The van der Waals surface area contributed by atoms with Crippen molar-refractivity contribution in [3.8, 4) is 5.69 Å². The summed E-state index contributed by atoms with van der Waals surface area (Å²) in [4.78, 5) is 16.5. The van der Waals surface area contributed by atoms with Crippen molar-refractivity contribution in [1.29, 1.82) is 0 Å². The molecular weight excluding hydrogens is 386 g/mol. The average Bonchev–Trinajstić information content (AvgIpc) is 3.30. The standard InChI is InChI=1S/C18H12ClF4N3O/c19-11-3-1-2-4-14(11)26-15-7-9(18(21,22)23)5-6-10(15)16(25-17(26)27)24-13-8-12(13)20/h1-7,12-13H,8H2,(H,24,25,27)/t12-,13-/m1/s1. The number of rotatable bonds is 3. The summed E-state index contributed by atoms with van der Waals surface area (Å²) in [5.41, 5.74) is -1.53. The summed E-state index contributed by atoms with van der Waals surface area (Å²) >= 11 is 6.14. The Hall–Kier alpha value is -2.61. The van der Waals surface area contributed by atoms with Gasteiger partial charge in [0.15, 0.2) is 0 Å². The number of halogens is 5. The Bertz CT molecular complexity index is 1100. The van der Waals surface area contributed by atoms with E-state index in [1.165, 1.54) is 18.2 Å². The molecule has 0 amide bonds. The molecule has 1 aromatic heterocycles. The molecule has 2 atom stereocenters. The minimum atomic E-state index is -4.59. The smallest absolute Gasteiger partial charge is 0.364 e. The van der Waals surface area contributed by atoms with Crippen molar-refractivity contribution in [3.05, 3.63) is 63.5 Å². The Morgan fingerprint density at radius 3 is 2.52 bits per heavy atom. The van der Waals surface area contributed by atoms with Gasteiger partial charge < -0.3 is 5.32 Å². The Morgan fingerprint density at radius 2 is 1.89 bits per heavy atom. The molecule has 0 saturated heterocycles. The maximum Gasteiger partial charge on any atom is 0.416 e. The normalized spacial score (nSPS) is 19.3. The highest BCUT2D eigenvalue weighted by Crippen LogP contribution is 2.35. The van der Waals surface area contributed by atoms with Crippen molar-refractivity contribution in [2.75, 3.05) is 5.32 Å². The summed E-state index contributed by atoms with van der Waals surface area (Å²) in [5, 5.41) is 3.24. The van der Waals surface area contributed by atoms with Gasteiger partial charge in [-0.05, 0) is 30.3 Å². The van der Waals surface area contributed by atoms with Gasteiger partial charge in [0.2, 0.25) is 0 Å². The van der Waals surface area contributed by atoms with Gasteiger partial charge in [0, 0.05) is 11.8 Å². The molecule has 1 fully saturated rings. The van der Waals surface area contributed by atoms with E-state index in [2.05, 4.69) is 10.3 Å². The maximum absolute atomic E-state index is 13.2. The quantitative estimate of drug-likeness (QED) is 0.658. The van der Waals surface area contributed by atoms with Gasteiger partial charge >= 0.3 is 11.9 Å². The van der Waals surface area contributed by atoms with Crippen LogP contribution in [-0.4, -0.2) is 21.8 Å². The number of hydrogen-bond donors (Lipinski definition) is 1. The number of nitrogens with one attached hydrogen (secondary N) is 1. The van der Waals surface area contributed by atoms with E-state index in [1.54, 1.807) is 12.1 Å². The zero-order valence-corrected chi connectivity index (χ0v) is 14.4. The van der Waals surface area contributed by atoms with Gasteiger partial charge in [0.25, 0.3) is 0 Å². The van der Waals surface area contributed by atoms with Crippen LogP contribution in [0.4, 0.5) is 23.4 Å². The van der Waals surface area contributed by atoms with Crippen LogP contribution in [0.15, 0.2) is 47.3 Å². The summed E-state index contributed by atoms with van der Waals surface area (Å²) in [6, 6.07) is 8.76. The van der Waals surface area contributed by atoms with Crippen molar-refractivity contribution in [3.63, 3.8) is 0 Å². The molecule has 1 saturated carbocycles. The lowest BCUT2D eigenvalue weighted by molar-refractivity contribution is -0.137. The first kappa shape index (κ1) is 17.8. The Kier molecular flexibility index (Phi) is 4.10. The Labute approximate surface area is 155 Å². The van der Waals surface area contributed by atoms with Crippen molar-refractivity contribution in [2.24, 2.45) is 0 Å². The van der Waals surface area contributed by atoms with Crippen LogP contribution in [0.1, 0.15) is 12.0 Å². The summed E-state index contributed by atoms with van der Waals surface area (Å²) in [6.07, 6.45) is -5.40. The molecular formula is C18H12ClF4N3O. The largest absolute Gasteiger partial charge is 0.416 e. The predicted octanol–water partition coefficient (Wildman–Crippen LogP) is 4.58. The van der Waals surface area contributed by atoms with Crippen LogP contribution in [0.5, 0.6) is 0 Å². The van der Waals surface area contributed by atoms with Crippen LogP contribution in [0.3, 0.4) is 0 Å². The van der Waals surface area contributed by atoms with E-state index < -0.39 is 29.6 Å². The molecule has 1 aliphatic rings. The Balaban J connectivity index is 2.01. The number of benzene rings is 2. The summed E-state index contributed by atoms with van der Waals surface area (Å²) < 4.78 is 53.9. The maximum atomic E-state index is 13.2. The third-order valence-corrected chi connectivity index (χ3v) is 4.67. The van der Waals surface area contributed by atoms with Crippen molar-refractivity contribution < 1.29 is 17.6 Å². The Morgan fingerprint density at radius 1 is 1.19 bits per heavy atom. The molecule has 0 aliphatic heterocycles. The first-order chi connectivity index (χ1) is 12.8. The van der Waals surface area contributed by atoms with Crippen molar-refractivity contribution in [1.82, 2.24) is 9.55 Å². The third kappa shape index (κ3) is 3.25. The highest BCUT2D eigenvalue weighted by molar-refractivity contribution is 6.32. The lowest BCUT2D eigenvalue weighted by atomic mass is 10.1. The van der Waals surface area contributed by atoms with Crippen molar-refractivity contribution in [2.45, 2.75) is 24.8 Å². The number of hydrogen-bond acceptors (Lipinski definition) is 3. The van der Waals surface area contributed by atoms with E-state index in [4.69, 9.17) is 11.6 Å². The molecule has 4 nitrogen and oxygen atoms in total. The second-order valence-electron chi connectivity index (χ2n) is 6.26. The first-order valence-corrected chi connectivity index (χ1v) is 8.43.